The number of methoxy groups -OCH3 is 1. The molecule has 1 aromatic rings. The van der Waals surface area contributed by atoms with E-state index in [9.17, 15) is 0 Å². The van der Waals surface area contributed by atoms with Crippen LogP contribution in [0.4, 0.5) is 0 Å². The molecule has 4 heteroatoms. The van der Waals surface area contributed by atoms with Gasteiger partial charge in [-0.15, -0.1) is 0 Å². The molecule has 1 aliphatic rings. The summed E-state index contributed by atoms with van der Waals surface area (Å²) in [6.45, 7) is 4.13. The van der Waals surface area contributed by atoms with Crippen molar-refractivity contribution in [2.24, 2.45) is 0 Å². The summed E-state index contributed by atoms with van der Waals surface area (Å²) in [5.41, 5.74) is 2.35. The van der Waals surface area contributed by atoms with E-state index in [0.29, 0.717) is 0 Å². The minimum Gasteiger partial charge on any atom is -0.481 e. The Labute approximate surface area is 96.4 Å². The second kappa shape index (κ2) is 5.25. The van der Waals surface area contributed by atoms with E-state index in [1.807, 2.05) is 0 Å². The van der Waals surface area contributed by atoms with Gasteiger partial charge in [0.25, 0.3) is 0 Å². The van der Waals surface area contributed by atoms with Gasteiger partial charge in [-0.25, -0.2) is 4.98 Å². The molecule has 0 saturated heterocycles. The largest absolute Gasteiger partial charge is 0.481 e. The van der Waals surface area contributed by atoms with Gasteiger partial charge in [-0.3, -0.25) is 0 Å². The van der Waals surface area contributed by atoms with E-state index in [0.717, 1.165) is 50.5 Å². The molecule has 2 rings (SSSR count). The van der Waals surface area contributed by atoms with Crippen molar-refractivity contribution in [3.05, 3.63) is 17.1 Å². The van der Waals surface area contributed by atoms with Crippen LogP contribution in [0.25, 0.3) is 0 Å². The van der Waals surface area contributed by atoms with Gasteiger partial charge in [-0.2, -0.15) is 4.98 Å². The normalized spacial score (nSPS) is 15.4. The number of hydrogen-bond donors (Lipinski definition) is 1. The molecule has 88 valence electrons. The van der Waals surface area contributed by atoms with E-state index >= 15 is 0 Å². The average Bonchev–Trinajstić information content (AvgIpc) is 2.53. The van der Waals surface area contributed by atoms with Crippen molar-refractivity contribution < 1.29 is 4.74 Å². The van der Waals surface area contributed by atoms with Crippen LogP contribution in [0.3, 0.4) is 0 Å². The quantitative estimate of drug-likeness (QED) is 0.831. The van der Waals surface area contributed by atoms with E-state index in [-0.39, 0.29) is 0 Å². The van der Waals surface area contributed by atoms with Gasteiger partial charge in [0.15, 0.2) is 0 Å². The third kappa shape index (κ3) is 2.32. The number of aromatic nitrogens is 2. The highest BCUT2D eigenvalue weighted by Gasteiger charge is 2.16. The van der Waals surface area contributed by atoms with Crippen molar-refractivity contribution in [1.29, 1.82) is 0 Å². The van der Waals surface area contributed by atoms with Crippen molar-refractivity contribution >= 4 is 0 Å². The molecule has 0 spiro atoms. The highest BCUT2D eigenvalue weighted by molar-refractivity contribution is 5.32. The first-order chi connectivity index (χ1) is 7.85. The molecule has 1 aliphatic heterocycles. The summed E-state index contributed by atoms with van der Waals surface area (Å²) in [5.74, 6) is 1.69. The second-order valence-corrected chi connectivity index (χ2v) is 4.07. The van der Waals surface area contributed by atoms with E-state index in [1.165, 1.54) is 11.3 Å². The lowest BCUT2D eigenvalue weighted by atomic mass is 10.1. The average molecular weight is 221 g/mol. The lowest BCUT2D eigenvalue weighted by Gasteiger charge is -2.11. The van der Waals surface area contributed by atoms with E-state index in [2.05, 4.69) is 22.2 Å². The monoisotopic (exact) mass is 221 g/mol. The maximum absolute atomic E-state index is 5.38. The van der Waals surface area contributed by atoms with Gasteiger partial charge in [-0.1, -0.05) is 6.92 Å². The number of hydrogen-bond acceptors (Lipinski definition) is 4. The standard InChI is InChI=1S/C12H19N3O/c1-3-4-11-14-10-6-8-13-7-5-9(10)12(15-11)16-2/h13H,3-8H2,1-2H3. The van der Waals surface area contributed by atoms with E-state index in [4.69, 9.17) is 4.74 Å². The van der Waals surface area contributed by atoms with Crippen molar-refractivity contribution in [2.75, 3.05) is 20.2 Å². The van der Waals surface area contributed by atoms with Crippen LogP contribution in [0.5, 0.6) is 5.88 Å². The van der Waals surface area contributed by atoms with Crippen molar-refractivity contribution in [3.8, 4) is 5.88 Å². The van der Waals surface area contributed by atoms with Gasteiger partial charge in [0.2, 0.25) is 5.88 Å². The Morgan fingerprint density at radius 1 is 1.25 bits per heavy atom. The van der Waals surface area contributed by atoms with Crippen LogP contribution in [0.2, 0.25) is 0 Å². The first-order valence-corrected chi connectivity index (χ1v) is 5.98. The predicted octanol–water partition coefficient (Wildman–Crippen LogP) is 1.13. The van der Waals surface area contributed by atoms with Gasteiger partial charge in [-0.05, 0) is 19.4 Å². The van der Waals surface area contributed by atoms with Crippen molar-refractivity contribution in [1.82, 2.24) is 15.3 Å². The molecule has 2 heterocycles. The topological polar surface area (TPSA) is 47.0 Å². The lowest BCUT2D eigenvalue weighted by Crippen LogP contribution is -2.16. The zero-order chi connectivity index (χ0) is 11.4. The van der Waals surface area contributed by atoms with Gasteiger partial charge in [0, 0.05) is 24.9 Å². The van der Waals surface area contributed by atoms with Gasteiger partial charge >= 0.3 is 0 Å². The fraction of sp³-hybridized carbons (Fsp3) is 0.667. The Morgan fingerprint density at radius 3 is 2.81 bits per heavy atom. The van der Waals surface area contributed by atoms with Crippen LogP contribution in [0, 0.1) is 0 Å². The van der Waals surface area contributed by atoms with Gasteiger partial charge in [0.05, 0.1) is 12.8 Å². The molecule has 16 heavy (non-hydrogen) atoms. The summed E-state index contributed by atoms with van der Waals surface area (Å²) in [6, 6.07) is 0. The number of ether oxygens (including phenoxy) is 1. The van der Waals surface area contributed by atoms with Crippen LogP contribution in [0.15, 0.2) is 0 Å². The molecule has 0 saturated carbocycles. The molecule has 4 nitrogen and oxygen atoms in total. The lowest BCUT2D eigenvalue weighted by molar-refractivity contribution is 0.388. The number of nitrogens with one attached hydrogen (secondary N) is 1. The third-order valence-electron chi connectivity index (χ3n) is 2.86. The summed E-state index contributed by atoms with van der Waals surface area (Å²) >= 11 is 0. The zero-order valence-corrected chi connectivity index (χ0v) is 10.0. The molecular weight excluding hydrogens is 202 g/mol. The molecular formula is C12H19N3O. The number of nitrogens with zero attached hydrogens (tertiary/aromatic N) is 2. The first kappa shape index (κ1) is 11.3. The summed E-state index contributed by atoms with van der Waals surface area (Å²) in [6.07, 6.45) is 3.94. The zero-order valence-electron chi connectivity index (χ0n) is 10.0. The fourth-order valence-corrected chi connectivity index (χ4v) is 2.06. The molecule has 1 aromatic heterocycles. The van der Waals surface area contributed by atoms with Crippen LogP contribution in [0.1, 0.15) is 30.4 Å². The Morgan fingerprint density at radius 2 is 2.06 bits per heavy atom. The number of aryl methyl sites for hydroxylation is 1. The predicted molar refractivity (Wildman–Crippen MR) is 62.9 cm³/mol. The molecule has 0 bridgehead atoms. The Hall–Kier alpha value is -1.16. The van der Waals surface area contributed by atoms with Gasteiger partial charge in [0.1, 0.15) is 5.82 Å². The Kier molecular flexibility index (Phi) is 3.72. The van der Waals surface area contributed by atoms with Crippen molar-refractivity contribution in [3.63, 3.8) is 0 Å². The maximum Gasteiger partial charge on any atom is 0.219 e. The van der Waals surface area contributed by atoms with Gasteiger partial charge < -0.3 is 10.1 Å². The minimum atomic E-state index is 0.775. The summed E-state index contributed by atoms with van der Waals surface area (Å²) in [7, 11) is 1.69. The van der Waals surface area contributed by atoms with Crippen LogP contribution in [-0.4, -0.2) is 30.2 Å². The van der Waals surface area contributed by atoms with Crippen LogP contribution in [-0.2, 0) is 19.3 Å². The van der Waals surface area contributed by atoms with E-state index < -0.39 is 0 Å². The van der Waals surface area contributed by atoms with E-state index in [1.54, 1.807) is 7.11 Å². The number of fused-ring (bicyclic) bond motifs is 1. The number of rotatable bonds is 3. The van der Waals surface area contributed by atoms with Crippen LogP contribution >= 0.6 is 0 Å². The van der Waals surface area contributed by atoms with Crippen LogP contribution < -0.4 is 10.1 Å². The molecule has 0 aromatic carbocycles. The molecule has 0 amide bonds. The highest BCUT2D eigenvalue weighted by Crippen LogP contribution is 2.21. The molecule has 0 fully saturated rings. The first-order valence-electron chi connectivity index (χ1n) is 5.98. The fourth-order valence-electron chi connectivity index (χ4n) is 2.06. The van der Waals surface area contributed by atoms with Crippen molar-refractivity contribution in [2.45, 2.75) is 32.6 Å². The molecule has 1 N–H and O–H groups in total. The molecule has 0 atom stereocenters. The molecule has 0 radical (unpaired) electrons. The second-order valence-electron chi connectivity index (χ2n) is 4.07. The molecule has 0 unspecified atom stereocenters. The summed E-state index contributed by atoms with van der Waals surface area (Å²) in [5, 5.41) is 3.37. The highest BCUT2D eigenvalue weighted by atomic mass is 16.5. The SMILES string of the molecule is CCCc1nc2c(c(OC)n1)CCNCC2. The smallest absolute Gasteiger partial charge is 0.219 e. The summed E-state index contributed by atoms with van der Waals surface area (Å²) in [4.78, 5) is 9.12. The maximum atomic E-state index is 5.38. The molecule has 0 aliphatic carbocycles. The minimum absolute atomic E-state index is 0.775. The third-order valence-corrected chi connectivity index (χ3v) is 2.86. The summed E-state index contributed by atoms with van der Waals surface area (Å²) < 4.78 is 5.38. The Bertz CT molecular complexity index is 366. The Balaban J connectivity index is 2.38.